The Bertz CT molecular complexity index is 495. The zero-order valence-corrected chi connectivity index (χ0v) is 8.91. The molecule has 0 radical (unpaired) electrons. The van der Waals surface area contributed by atoms with Gasteiger partial charge in [0.1, 0.15) is 4.88 Å². The topological polar surface area (TPSA) is 43.4 Å². The number of hydrogen-bond acceptors (Lipinski definition) is 5. The Morgan fingerprint density at radius 3 is 3.00 bits per heavy atom. The second kappa shape index (κ2) is 3.51. The van der Waals surface area contributed by atoms with E-state index in [4.69, 9.17) is 0 Å². The number of thiophene rings is 2. The molecule has 0 saturated carbocycles. The number of carbonyl (C=O) groups excluding carboxylic acids is 2. The van der Waals surface area contributed by atoms with Crippen LogP contribution in [0.5, 0.6) is 0 Å². The molecule has 0 aliphatic heterocycles. The number of carbonyl (C=O) groups is 2. The van der Waals surface area contributed by atoms with E-state index in [1.54, 1.807) is 11.4 Å². The van der Waals surface area contributed by atoms with Crippen LogP contribution in [0, 0.1) is 0 Å². The highest BCUT2D eigenvalue weighted by Crippen LogP contribution is 2.33. The zero-order chi connectivity index (χ0) is 10.1. The molecule has 0 N–H and O–H groups in total. The molecule has 0 aliphatic rings. The summed E-state index contributed by atoms with van der Waals surface area (Å²) in [6, 6.07) is 1.70. The number of ether oxygens (including phenoxy) is 1. The smallest absolute Gasteiger partial charge is 0.348 e. The summed E-state index contributed by atoms with van der Waals surface area (Å²) in [7, 11) is 1.34. The second-order valence-electron chi connectivity index (χ2n) is 2.61. The van der Waals surface area contributed by atoms with Gasteiger partial charge in [-0.3, -0.25) is 4.79 Å². The third-order valence-electron chi connectivity index (χ3n) is 1.82. The fraction of sp³-hybridized carbons (Fsp3) is 0.111. The molecule has 3 nitrogen and oxygen atoms in total. The summed E-state index contributed by atoms with van der Waals surface area (Å²) >= 11 is 2.82. The van der Waals surface area contributed by atoms with Gasteiger partial charge in [0, 0.05) is 16.3 Å². The highest BCUT2D eigenvalue weighted by atomic mass is 32.2. The van der Waals surface area contributed by atoms with Crippen LogP contribution >= 0.6 is 22.7 Å². The third-order valence-corrected chi connectivity index (χ3v) is 4.07. The Labute approximate surface area is 87.9 Å². The van der Waals surface area contributed by atoms with E-state index >= 15 is 0 Å². The average molecular weight is 226 g/mol. The van der Waals surface area contributed by atoms with Crippen molar-refractivity contribution in [2.75, 3.05) is 7.11 Å². The lowest BCUT2D eigenvalue weighted by Gasteiger charge is -1.91. The average Bonchev–Trinajstić information content (AvgIpc) is 2.74. The van der Waals surface area contributed by atoms with Gasteiger partial charge in [0.2, 0.25) is 0 Å². The normalized spacial score (nSPS) is 10.4. The predicted octanol–water partition coefficient (Wildman–Crippen LogP) is 2.56. The maximum Gasteiger partial charge on any atom is 0.348 e. The molecule has 72 valence electrons. The maximum atomic E-state index is 11.2. The molecule has 0 saturated heterocycles. The number of aldehydes is 1. The number of esters is 1. The van der Waals surface area contributed by atoms with Crippen molar-refractivity contribution in [3.63, 3.8) is 0 Å². The number of fused-ring (bicyclic) bond motifs is 1. The molecule has 0 amide bonds. The lowest BCUT2D eigenvalue weighted by molar-refractivity contribution is 0.0606. The standard InChI is InChI=1S/C9H6O3S2/c1-12-8(11)7-2-6-5(3-10)4-13-9(6)14-7/h2-4H,1H3. The minimum absolute atomic E-state index is 0.352. The predicted molar refractivity (Wildman–Crippen MR) is 56.4 cm³/mol. The molecule has 2 aromatic rings. The Kier molecular flexibility index (Phi) is 2.35. The molecule has 0 bridgehead atoms. The number of hydrogen-bond donors (Lipinski definition) is 0. The monoisotopic (exact) mass is 226 g/mol. The molecular formula is C9H6O3S2. The van der Waals surface area contributed by atoms with Crippen molar-refractivity contribution in [1.29, 1.82) is 0 Å². The Hall–Kier alpha value is -1.20. The zero-order valence-electron chi connectivity index (χ0n) is 7.27. The minimum Gasteiger partial charge on any atom is -0.465 e. The van der Waals surface area contributed by atoms with Gasteiger partial charge in [-0.2, -0.15) is 0 Å². The second-order valence-corrected chi connectivity index (χ2v) is 4.80. The first-order valence-corrected chi connectivity index (χ1v) is 5.50. The van der Waals surface area contributed by atoms with Crippen molar-refractivity contribution < 1.29 is 14.3 Å². The fourth-order valence-corrected chi connectivity index (χ4v) is 3.29. The minimum atomic E-state index is -0.352. The summed E-state index contributed by atoms with van der Waals surface area (Å²) in [5.41, 5.74) is 0.636. The van der Waals surface area contributed by atoms with E-state index in [-0.39, 0.29) is 5.97 Å². The summed E-state index contributed by atoms with van der Waals surface area (Å²) in [5.74, 6) is -0.352. The Morgan fingerprint density at radius 1 is 1.57 bits per heavy atom. The first kappa shape index (κ1) is 9.36. The molecule has 14 heavy (non-hydrogen) atoms. The maximum absolute atomic E-state index is 11.2. The van der Waals surface area contributed by atoms with Crippen LogP contribution in [0.4, 0.5) is 0 Å². The van der Waals surface area contributed by atoms with Gasteiger partial charge in [0.25, 0.3) is 0 Å². The van der Waals surface area contributed by atoms with Gasteiger partial charge in [-0.15, -0.1) is 22.7 Å². The lowest BCUT2D eigenvalue weighted by Crippen LogP contribution is -1.96. The quantitative estimate of drug-likeness (QED) is 0.584. The van der Waals surface area contributed by atoms with Crippen LogP contribution in [0.15, 0.2) is 11.4 Å². The van der Waals surface area contributed by atoms with Crippen LogP contribution in [0.3, 0.4) is 0 Å². The van der Waals surface area contributed by atoms with Gasteiger partial charge in [-0.05, 0) is 6.07 Å². The molecule has 2 heterocycles. The van der Waals surface area contributed by atoms with Crippen LogP contribution in [0.1, 0.15) is 20.0 Å². The van der Waals surface area contributed by atoms with Gasteiger partial charge in [-0.1, -0.05) is 0 Å². The summed E-state index contributed by atoms with van der Waals surface area (Å²) in [4.78, 5) is 22.3. The summed E-state index contributed by atoms with van der Waals surface area (Å²) in [6.45, 7) is 0. The lowest BCUT2D eigenvalue weighted by atomic mass is 10.2. The summed E-state index contributed by atoms with van der Waals surface area (Å²) in [6.07, 6.45) is 0.798. The van der Waals surface area contributed by atoms with E-state index in [9.17, 15) is 9.59 Å². The third kappa shape index (κ3) is 1.34. The van der Waals surface area contributed by atoms with Gasteiger partial charge >= 0.3 is 5.97 Å². The van der Waals surface area contributed by atoms with E-state index in [1.807, 2.05) is 0 Å². The van der Waals surface area contributed by atoms with E-state index in [0.29, 0.717) is 10.4 Å². The number of methoxy groups -OCH3 is 1. The molecule has 0 aliphatic carbocycles. The first-order valence-electron chi connectivity index (χ1n) is 3.80. The van der Waals surface area contributed by atoms with Crippen molar-refractivity contribution in [3.05, 3.63) is 21.9 Å². The van der Waals surface area contributed by atoms with E-state index in [1.165, 1.54) is 29.8 Å². The molecule has 0 atom stereocenters. The van der Waals surface area contributed by atoms with E-state index in [0.717, 1.165) is 15.7 Å². The van der Waals surface area contributed by atoms with Crippen LogP contribution < -0.4 is 0 Å². The largest absolute Gasteiger partial charge is 0.465 e. The Balaban J connectivity index is 2.57. The molecular weight excluding hydrogens is 220 g/mol. The van der Waals surface area contributed by atoms with E-state index in [2.05, 4.69) is 4.74 Å². The molecule has 0 fully saturated rings. The van der Waals surface area contributed by atoms with Gasteiger partial charge in [0.15, 0.2) is 6.29 Å². The summed E-state index contributed by atoms with van der Waals surface area (Å²) in [5, 5.41) is 2.63. The van der Waals surface area contributed by atoms with Crippen molar-refractivity contribution >= 4 is 44.3 Å². The highest BCUT2D eigenvalue weighted by molar-refractivity contribution is 7.38. The SMILES string of the molecule is COC(=O)c1cc2c(C=O)csc2s1. The molecule has 0 spiro atoms. The highest BCUT2D eigenvalue weighted by Gasteiger charge is 2.13. The van der Waals surface area contributed by atoms with Crippen molar-refractivity contribution in [1.82, 2.24) is 0 Å². The molecule has 5 heteroatoms. The molecule has 2 rings (SSSR count). The van der Waals surface area contributed by atoms with Gasteiger partial charge < -0.3 is 4.74 Å². The fourth-order valence-electron chi connectivity index (χ4n) is 1.14. The van der Waals surface area contributed by atoms with Crippen LogP contribution in [-0.4, -0.2) is 19.4 Å². The first-order chi connectivity index (χ1) is 6.76. The molecule has 2 aromatic heterocycles. The van der Waals surface area contributed by atoms with Crippen molar-refractivity contribution in [3.8, 4) is 0 Å². The number of rotatable bonds is 2. The van der Waals surface area contributed by atoms with E-state index < -0.39 is 0 Å². The van der Waals surface area contributed by atoms with Crippen LogP contribution in [0.25, 0.3) is 9.40 Å². The van der Waals surface area contributed by atoms with Crippen molar-refractivity contribution in [2.45, 2.75) is 0 Å². The Morgan fingerprint density at radius 2 is 2.36 bits per heavy atom. The van der Waals surface area contributed by atoms with Crippen LogP contribution in [-0.2, 0) is 4.74 Å². The summed E-state index contributed by atoms with van der Waals surface area (Å²) < 4.78 is 5.58. The molecule has 0 unspecified atom stereocenters. The van der Waals surface area contributed by atoms with Gasteiger partial charge in [-0.25, -0.2) is 4.79 Å². The van der Waals surface area contributed by atoms with Crippen LogP contribution in [0.2, 0.25) is 0 Å². The molecule has 0 aromatic carbocycles. The van der Waals surface area contributed by atoms with Crippen molar-refractivity contribution in [2.24, 2.45) is 0 Å². The van der Waals surface area contributed by atoms with Gasteiger partial charge in [0.05, 0.1) is 11.1 Å².